The molecule has 4 nitrogen and oxygen atoms in total. The predicted octanol–water partition coefficient (Wildman–Crippen LogP) is 2.83. The third-order valence-corrected chi connectivity index (χ3v) is 1.95. The first-order chi connectivity index (χ1) is 6.45. The number of hydrogen-bond donors (Lipinski definition) is 0. The number of hydrogen-bond acceptors (Lipinski definition) is 3. The Labute approximate surface area is 84.0 Å². The molecule has 0 N–H and O–H groups in total. The molecule has 0 radical (unpaired) electrons. The molecule has 76 valence electrons. The molecule has 0 saturated carbocycles. The lowest BCUT2D eigenvalue weighted by Crippen LogP contribution is -2.02. The van der Waals surface area contributed by atoms with Gasteiger partial charge in [-0.2, -0.15) is 4.39 Å². The Morgan fingerprint density at radius 3 is 2.57 bits per heavy atom. The number of pyridine rings is 1. The monoisotopic (exact) mass is 270 g/mol. The van der Waals surface area contributed by atoms with Crippen LogP contribution in [0.25, 0.3) is 0 Å². The summed E-state index contributed by atoms with van der Waals surface area (Å²) in [6, 6.07) is 0. The van der Waals surface area contributed by atoms with Crippen LogP contribution in [-0.4, -0.2) is 9.91 Å². The average Bonchev–Trinajstić information content (AvgIpc) is 2.02. The zero-order valence-corrected chi connectivity index (χ0v) is 7.96. The summed E-state index contributed by atoms with van der Waals surface area (Å²) < 4.78 is 36.9. The summed E-state index contributed by atoms with van der Waals surface area (Å²) in [7, 11) is 0. The van der Waals surface area contributed by atoms with Gasteiger partial charge in [0.1, 0.15) is 10.2 Å². The number of nitro groups is 1. The van der Waals surface area contributed by atoms with Crippen LogP contribution in [0, 0.1) is 15.9 Å². The van der Waals surface area contributed by atoms with Crippen LogP contribution in [0.1, 0.15) is 12.1 Å². The van der Waals surface area contributed by atoms with Crippen LogP contribution in [0.4, 0.5) is 18.9 Å². The molecule has 1 aromatic heterocycles. The van der Waals surface area contributed by atoms with Gasteiger partial charge in [0, 0.05) is 6.20 Å². The van der Waals surface area contributed by atoms with Crippen LogP contribution in [0.2, 0.25) is 0 Å². The zero-order valence-electron chi connectivity index (χ0n) is 6.38. The van der Waals surface area contributed by atoms with Crippen molar-refractivity contribution in [2.45, 2.75) is 6.43 Å². The molecule has 1 rings (SSSR count). The standard InChI is InChI=1S/C6H2BrF3N2O2/c7-2-1-11-4(6(9)10)3(8)5(2)12(13)14/h1,6H. The third kappa shape index (κ3) is 1.84. The zero-order chi connectivity index (χ0) is 10.9. The summed E-state index contributed by atoms with van der Waals surface area (Å²) in [5, 5.41) is 10.3. The smallest absolute Gasteiger partial charge is 0.258 e. The maximum Gasteiger partial charge on any atom is 0.322 e. The molecule has 0 aliphatic rings. The average molecular weight is 271 g/mol. The van der Waals surface area contributed by atoms with E-state index in [-0.39, 0.29) is 4.47 Å². The Balaban J connectivity index is 3.41. The molecule has 14 heavy (non-hydrogen) atoms. The molecule has 0 unspecified atom stereocenters. The van der Waals surface area contributed by atoms with Gasteiger partial charge in [0.2, 0.25) is 5.82 Å². The van der Waals surface area contributed by atoms with E-state index in [0.29, 0.717) is 0 Å². The Bertz CT molecular complexity index is 386. The molecular formula is C6H2BrF3N2O2. The highest BCUT2D eigenvalue weighted by atomic mass is 79.9. The van der Waals surface area contributed by atoms with E-state index >= 15 is 0 Å². The maximum atomic E-state index is 13.0. The topological polar surface area (TPSA) is 56.0 Å². The van der Waals surface area contributed by atoms with Crippen LogP contribution in [0.3, 0.4) is 0 Å². The molecule has 0 fully saturated rings. The number of aromatic nitrogens is 1. The van der Waals surface area contributed by atoms with Crippen LogP contribution in [0.5, 0.6) is 0 Å². The Hall–Kier alpha value is -1.18. The largest absolute Gasteiger partial charge is 0.322 e. The lowest BCUT2D eigenvalue weighted by Gasteiger charge is -2.01. The number of rotatable bonds is 2. The van der Waals surface area contributed by atoms with Gasteiger partial charge in [0.15, 0.2) is 0 Å². The molecule has 1 heterocycles. The summed E-state index contributed by atoms with van der Waals surface area (Å²) in [6.45, 7) is 0. The molecule has 0 aliphatic carbocycles. The van der Waals surface area contributed by atoms with E-state index < -0.39 is 28.5 Å². The second-order valence-corrected chi connectivity index (χ2v) is 3.07. The van der Waals surface area contributed by atoms with Gasteiger partial charge in [-0.05, 0) is 15.9 Å². The molecule has 0 aromatic carbocycles. The lowest BCUT2D eigenvalue weighted by molar-refractivity contribution is -0.388. The first-order valence-electron chi connectivity index (χ1n) is 3.21. The minimum absolute atomic E-state index is 0.274. The summed E-state index contributed by atoms with van der Waals surface area (Å²) >= 11 is 2.64. The van der Waals surface area contributed by atoms with Crippen LogP contribution < -0.4 is 0 Å². The predicted molar refractivity (Wildman–Crippen MR) is 43.5 cm³/mol. The first-order valence-corrected chi connectivity index (χ1v) is 4.01. The molecule has 0 atom stereocenters. The molecule has 0 saturated heterocycles. The van der Waals surface area contributed by atoms with E-state index in [1.165, 1.54) is 0 Å². The van der Waals surface area contributed by atoms with E-state index in [4.69, 9.17) is 0 Å². The van der Waals surface area contributed by atoms with Crippen molar-refractivity contribution in [3.05, 3.63) is 32.3 Å². The summed E-state index contributed by atoms with van der Waals surface area (Å²) in [5.41, 5.74) is -2.25. The van der Waals surface area contributed by atoms with Crippen LogP contribution >= 0.6 is 15.9 Å². The van der Waals surface area contributed by atoms with Gasteiger partial charge in [-0.25, -0.2) is 8.78 Å². The minimum Gasteiger partial charge on any atom is -0.258 e. The first kappa shape index (κ1) is 10.9. The van der Waals surface area contributed by atoms with Gasteiger partial charge in [-0.3, -0.25) is 15.1 Å². The third-order valence-electron chi connectivity index (χ3n) is 1.37. The van der Waals surface area contributed by atoms with Gasteiger partial charge < -0.3 is 0 Å². The van der Waals surface area contributed by atoms with E-state index in [0.717, 1.165) is 6.20 Å². The molecule has 0 bridgehead atoms. The fraction of sp³-hybridized carbons (Fsp3) is 0.167. The number of nitrogens with zero attached hydrogens (tertiary/aromatic N) is 2. The van der Waals surface area contributed by atoms with Gasteiger partial charge in [0.25, 0.3) is 6.43 Å². The normalized spacial score (nSPS) is 10.6. The van der Waals surface area contributed by atoms with Crippen molar-refractivity contribution in [1.82, 2.24) is 4.98 Å². The lowest BCUT2D eigenvalue weighted by atomic mass is 10.3. The fourth-order valence-electron chi connectivity index (χ4n) is 0.790. The van der Waals surface area contributed by atoms with Crippen molar-refractivity contribution in [3.8, 4) is 0 Å². The SMILES string of the molecule is O=[N+]([O-])c1c(Br)cnc(C(F)F)c1F. The van der Waals surface area contributed by atoms with Crippen molar-refractivity contribution in [2.75, 3.05) is 0 Å². The Morgan fingerprint density at radius 1 is 1.57 bits per heavy atom. The van der Waals surface area contributed by atoms with Crippen molar-refractivity contribution >= 4 is 21.6 Å². The van der Waals surface area contributed by atoms with Crippen molar-refractivity contribution in [3.63, 3.8) is 0 Å². The number of alkyl halides is 2. The van der Waals surface area contributed by atoms with Crippen LogP contribution in [-0.2, 0) is 0 Å². The quantitative estimate of drug-likeness (QED) is 0.613. The summed E-state index contributed by atoms with van der Waals surface area (Å²) in [4.78, 5) is 12.2. The highest BCUT2D eigenvalue weighted by Gasteiger charge is 2.27. The van der Waals surface area contributed by atoms with E-state index in [2.05, 4.69) is 20.9 Å². The van der Waals surface area contributed by atoms with Gasteiger partial charge >= 0.3 is 5.69 Å². The van der Waals surface area contributed by atoms with Crippen molar-refractivity contribution in [1.29, 1.82) is 0 Å². The minimum atomic E-state index is -3.18. The Morgan fingerprint density at radius 2 is 2.14 bits per heavy atom. The second-order valence-electron chi connectivity index (χ2n) is 2.21. The highest BCUT2D eigenvalue weighted by molar-refractivity contribution is 9.10. The van der Waals surface area contributed by atoms with E-state index in [1.54, 1.807) is 0 Å². The maximum absolute atomic E-state index is 13.0. The van der Waals surface area contributed by atoms with Gasteiger partial charge in [-0.1, -0.05) is 0 Å². The molecule has 0 amide bonds. The van der Waals surface area contributed by atoms with Gasteiger partial charge in [-0.15, -0.1) is 0 Å². The Kier molecular flexibility index (Phi) is 3.04. The van der Waals surface area contributed by atoms with Gasteiger partial charge in [0.05, 0.1) is 4.92 Å². The molecule has 1 aromatic rings. The number of halogens is 4. The summed E-state index contributed by atoms with van der Waals surface area (Å²) in [6.07, 6.45) is -2.41. The van der Waals surface area contributed by atoms with Crippen molar-refractivity contribution in [2.24, 2.45) is 0 Å². The van der Waals surface area contributed by atoms with E-state index in [1.807, 2.05) is 0 Å². The molecule has 0 spiro atoms. The van der Waals surface area contributed by atoms with Crippen molar-refractivity contribution < 1.29 is 18.1 Å². The fourth-order valence-corrected chi connectivity index (χ4v) is 1.21. The summed E-state index contributed by atoms with van der Waals surface area (Å²) in [5.74, 6) is -1.61. The second kappa shape index (κ2) is 3.91. The van der Waals surface area contributed by atoms with Crippen LogP contribution in [0.15, 0.2) is 10.7 Å². The molecular weight excluding hydrogens is 269 g/mol. The highest BCUT2D eigenvalue weighted by Crippen LogP contribution is 2.32. The molecule has 8 heteroatoms. The van der Waals surface area contributed by atoms with E-state index in [9.17, 15) is 23.3 Å². The molecule has 0 aliphatic heterocycles.